The number of nitrogens with one attached hydrogen (secondary N) is 1. The maximum absolute atomic E-state index is 12.7. The molecule has 4 aliphatic carbocycles. The summed E-state index contributed by atoms with van der Waals surface area (Å²) in [4.78, 5) is 12.7. The van der Waals surface area contributed by atoms with E-state index >= 15 is 0 Å². The zero-order chi connectivity index (χ0) is 26.4. The summed E-state index contributed by atoms with van der Waals surface area (Å²) in [6, 6.07) is 7.85. The van der Waals surface area contributed by atoms with Gasteiger partial charge in [0.05, 0.1) is 19.3 Å². The highest BCUT2D eigenvalue weighted by molar-refractivity contribution is 5.75. The summed E-state index contributed by atoms with van der Waals surface area (Å²) in [6.45, 7) is 7.91. The van der Waals surface area contributed by atoms with E-state index in [9.17, 15) is 15.0 Å². The standard InChI is InChI=1S/C32H49NO4/c1-20(5-12-29(36)33-19-21-6-8-24(37-4)9-7-21)25-10-11-26-30-27(14-16-32(25,26)3)31(2)15-13-23(34)17-22(31)18-28(30)35/h6-9,20,22-23,25-28,30,34-35H,5,10-19H2,1-4H3,(H,33,36). The monoisotopic (exact) mass is 511 g/mol. The van der Waals surface area contributed by atoms with Crippen LogP contribution in [0.25, 0.3) is 0 Å². The molecule has 4 aliphatic rings. The highest BCUT2D eigenvalue weighted by Gasteiger charge is 2.62. The van der Waals surface area contributed by atoms with Crippen LogP contribution in [0.5, 0.6) is 5.75 Å². The van der Waals surface area contributed by atoms with Gasteiger partial charge in [-0.05, 0) is 122 Å². The summed E-state index contributed by atoms with van der Waals surface area (Å²) < 4.78 is 5.21. The molecule has 5 heteroatoms. The molecule has 0 saturated heterocycles. The zero-order valence-corrected chi connectivity index (χ0v) is 23.4. The molecule has 1 aromatic rings. The summed E-state index contributed by atoms with van der Waals surface area (Å²) in [5.74, 6) is 4.13. The molecule has 5 nitrogen and oxygen atoms in total. The fraction of sp³-hybridized carbons (Fsp3) is 0.781. The number of carbonyl (C=O) groups excluding carboxylic acids is 1. The third-order valence-electron chi connectivity index (χ3n) is 11.9. The van der Waals surface area contributed by atoms with E-state index in [0.717, 1.165) is 43.4 Å². The first kappa shape index (κ1) is 27.0. The van der Waals surface area contributed by atoms with Crippen molar-refractivity contribution < 1.29 is 19.7 Å². The Kier molecular flexibility index (Phi) is 7.68. The van der Waals surface area contributed by atoms with Crippen LogP contribution in [0.4, 0.5) is 0 Å². The van der Waals surface area contributed by atoms with Crippen molar-refractivity contribution in [2.24, 2.45) is 46.3 Å². The van der Waals surface area contributed by atoms with E-state index in [1.54, 1.807) is 7.11 Å². The molecule has 0 heterocycles. The lowest BCUT2D eigenvalue weighted by Crippen LogP contribution is -2.58. The Labute approximate surface area is 223 Å². The number of carbonyl (C=O) groups is 1. The number of hydrogen-bond donors (Lipinski definition) is 3. The highest BCUT2D eigenvalue weighted by atomic mass is 16.5. The molecule has 0 bridgehead atoms. The number of methoxy groups -OCH3 is 1. The topological polar surface area (TPSA) is 78.8 Å². The summed E-state index contributed by atoms with van der Waals surface area (Å²) >= 11 is 0. The second-order valence-electron chi connectivity index (χ2n) is 13.6. The average molecular weight is 512 g/mol. The number of ether oxygens (including phenoxy) is 1. The summed E-state index contributed by atoms with van der Waals surface area (Å²) in [5.41, 5.74) is 1.62. The lowest BCUT2D eigenvalue weighted by molar-refractivity contribution is -0.174. The minimum Gasteiger partial charge on any atom is -0.497 e. The lowest BCUT2D eigenvalue weighted by Gasteiger charge is -2.62. The normalized spacial score (nSPS) is 41.7. The van der Waals surface area contributed by atoms with Crippen LogP contribution in [0.15, 0.2) is 24.3 Å². The Hall–Kier alpha value is -1.59. The average Bonchev–Trinajstić information content (AvgIpc) is 3.24. The smallest absolute Gasteiger partial charge is 0.220 e. The predicted molar refractivity (Wildman–Crippen MR) is 146 cm³/mol. The predicted octanol–water partition coefficient (Wildman–Crippen LogP) is 5.72. The van der Waals surface area contributed by atoms with E-state index in [-0.39, 0.29) is 28.9 Å². The fourth-order valence-corrected chi connectivity index (χ4v) is 9.77. The van der Waals surface area contributed by atoms with Crippen LogP contribution < -0.4 is 10.1 Å². The van der Waals surface area contributed by atoms with Crippen LogP contribution in [0.1, 0.15) is 90.5 Å². The van der Waals surface area contributed by atoms with Crippen molar-refractivity contribution in [3.63, 3.8) is 0 Å². The van der Waals surface area contributed by atoms with Crippen molar-refractivity contribution >= 4 is 5.91 Å². The molecular formula is C32H49NO4. The van der Waals surface area contributed by atoms with Gasteiger partial charge in [-0.2, -0.15) is 0 Å². The van der Waals surface area contributed by atoms with Gasteiger partial charge in [-0.3, -0.25) is 4.79 Å². The van der Waals surface area contributed by atoms with Gasteiger partial charge < -0.3 is 20.3 Å². The van der Waals surface area contributed by atoms with Crippen LogP contribution in [0.3, 0.4) is 0 Å². The third-order valence-corrected chi connectivity index (χ3v) is 11.9. The molecule has 0 aliphatic heterocycles. The van der Waals surface area contributed by atoms with Crippen LogP contribution in [-0.4, -0.2) is 35.4 Å². The van der Waals surface area contributed by atoms with Crippen LogP contribution in [0, 0.1) is 46.3 Å². The number of rotatable bonds is 7. The molecule has 4 fully saturated rings. The summed E-state index contributed by atoms with van der Waals surface area (Å²) in [5, 5.41) is 24.9. The Morgan fingerprint density at radius 1 is 1.03 bits per heavy atom. The minimum absolute atomic E-state index is 0.132. The van der Waals surface area contributed by atoms with E-state index in [4.69, 9.17) is 4.74 Å². The van der Waals surface area contributed by atoms with E-state index in [1.165, 1.54) is 25.7 Å². The van der Waals surface area contributed by atoms with Gasteiger partial charge in [0.2, 0.25) is 5.91 Å². The maximum atomic E-state index is 12.7. The fourth-order valence-electron chi connectivity index (χ4n) is 9.77. The highest BCUT2D eigenvalue weighted by Crippen LogP contribution is 2.68. The molecule has 0 spiro atoms. The summed E-state index contributed by atoms with van der Waals surface area (Å²) in [7, 11) is 1.66. The number of fused-ring (bicyclic) bond motifs is 5. The Bertz CT molecular complexity index is 949. The minimum atomic E-state index is -0.226. The molecule has 206 valence electrons. The van der Waals surface area contributed by atoms with Gasteiger partial charge >= 0.3 is 0 Å². The van der Waals surface area contributed by atoms with Gasteiger partial charge in [0.1, 0.15) is 5.75 Å². The number of aliphatic hydroxyl groups is 2. The molecule has 10 unspecified atom stereocenters. The largest absolute Gasteiger partial charge is 0.497 e. The Morgan fingerprint density at radius 2 is 1.73 bits per heavy atom. The molecule has 3 N–H and O–H groups in total. The summed E-state index contributed by atoms with van der Waals surface area (Å²) in [6.07, 6.45) is 9.78. The first-order chi connectivity index (χ1) is 17.7. The molecule has 0 radical (unpaired) electrons. The number of benzene rings is 1. The molecular weight excluding hydrogens is 462 g/mol. The first-order valence-corrected chi connectivity index (χ1v) is 14.9. The molecule has 5 rings (SSSR count). The second kappa shape index (κ2) is 10.5. The van der Waals surface area contributed by atoms with Crippen molar-refractivity contribution in [3.05, 3.63) is 29.8 Å². The third kappa shape index (κ3) is 4.95. The number of amides is 1. The van der Waals surface area contributed by atoms with Crippen LogP contribution in [-0.2, 0) is 11.3 Å². The van der Waals surface area contributed by atoms with E-state index in [2.05, 4.69) is 26.1 Å². The van der Waals surface area contributed by atoms with Gasteiger partial charge in [-0.1, -0.05) is 32.9 Å². The van der Waals surface area contributed by atoms with Crippen LogP contribution in [0.2, 0.25) is 0 Å². The van der Waals surface area contributed by atoms with Crippen molar-refractivity contribution in [1.29, 1.82) is 0 Å². The van der Waals surface area contributed by atoms with Gasteiger partial charge in [0, 0.05) is 13.0 Å². The van der Waals surface area contributed by atoms with E-state index in [1.807, 2.05) is 24.3 Å². The SMILES string of the molecule is COc1ccc(CNC(=O)CCC(C)C2CCC3C4C(O)CC5CC(O)CCC5(C)C4CCC23C)cc1. The number of aliphatic hydroxyl groups excluding tert-OH is 2. The van der Waals surface area contributed by atoms with Crippen molar-refractivity contribution in [3.8, 4) is 5.75 Å². The quantitative estimate of drug-likeness (QED) is 0.438. The maximum Gasteiger partial charge on any atom is 0.220 e. The van der Waals surface area contributed by atoms with Crippen molar-refractivity contribution in [1.82, 2.24) is 5.32 Å². The van der Waals surface area contributed by atoms with Gasteiger partial charge in [-0.15, -0.1) is 0 Å². The van der Waals surface area contributed by atoms with E-state index in [0.29, 0.717) is 48.5 Å². The zero-order valence-electron chi connectivity index (χ0n) is 23.4. The molecule has 37 heavy (non-hydrogen) atoms. The molecule has 0 aromatic heterocycles. The van der Waals surface area contributed by atoms with Gasteiger partial charge in [-0.25, -0.2) is 0 Å². The molecule has 4 saturated carbocycles. The molecule has 10 atom stereocenters. The van der Waals surface area contributed by atoms with Gasteiger partial charge in [0.25, 0.3) is 0 Å². The Balaban J connectivity index is 1.18. The number of hydrogen-bond acceptors (Lipinski definition) is 4. The van der Waals surface area contributed by atoms with E-state index < -0.39 is 0 Å². The lowest BCUT2D eigenvalue weighted by atomic mass is 9.43. The van der Waals surface area contributed by atoms with Crippen molar-refractivity contribution in [2.75, 3.05) is 7.11 Å². The first-order valence-electron chi connectivity index (χ1n) is 14.9. The second-order valence-corrected chi connectivity index (χ2v) is 13.6. The Morgan fingerprint density at radius 3 is 2.46 bits per heavy atom. The van der Waals surface area contributed by atoms with Gasteiger partial charge in [0.15, 0.2) is 0 Å². The molecule has 1 aromatic carbocycles. The molecule has 1 amide bonds. The van der Waals surface area contributed by atoms with Crippen LogP contribution >= 0.6 is 0 Å². The van der Waals surface area contributed by atoms with Crippen molar-refractivity contribution in [2.45, 2.75) is 104 Å².